The lowest BCUT2D eigenvalue weighted by Gasteiger charge is -2.12. The first kappa shape index (κ1) is 19.2. The normalized spacial score (nSPS) is 11.2. The van der Waals surface area contributed by atoms with Gasteiger partial charge in [0.1, 0.15) is 22.1 Å². The molecule has 9 heteroatoms. The molecule has 0 saturated heterocycles. The Morgan fingerprint density at radius 2 is 1.78 bits per heavy atom. The van der Waals surface area contributed by atoms with E-state index in [2.05, 4.69) is 9.71 Å². The molecule has 0 aliphatic rings. The summed E-state index contributed by atoms with van der Waals surface area (Å²) in [4.78, 5) is 4.07. The molecule has 0 bridgehead atoms. The Labute approximate surface area is 161 Å². The maximum absolute atomic E-state index is 12.7. The fourth-order valence-corrected chi connectivity index (χ4v) is 3.99. The SMILES string of the molecule is COc1ccc(OC)c(S(=O)(=O)NCc2ccc(Oc3nccs3)cc2)c1. The van der Waals surface area contributed by atoms with Crippen LogP contribution in [-0.4, -0.2) is 27.6 Å². The van der Waals surface area contributed by atoms with Crippen LogP contribution in [0.3, 0.4) is 0 Å². The first-order chi connectivity index (χ1) is 13.0. The van der Waals surface area contributed by atoms with Crippen molar-refractivity contribution in [2.45, 2.75) is 11.4 Å². The van der Waals surface area contributed by atoms with Crippen LogP contribution in [-0.2, 0) is 16.6 Å². The minimum atomic E-state index is -3.78. The van der Waals surface area contributed by atoms with E-state index in [0.717, 1.165) is 5.56 Å². The van der Waals surface area contributed by atoms with E-state index in [0.29, 0.717) is 16.7 Å². The average Bonchev–Trinajstić information content (AvgIpc) is 3.20. The molecule has 0 aliphatic carbocycles. The second kappa shape index (κ2) is 8.38. The van der Waals surface area contributed by atoms with Gasteiger partial charge in [0.25, 0.3) is 5.19 Å². The minimum Gasteiger partial charge on any atom is -0.497 e. The third kappa shape index (κ3) is 4.76. The number of sulfonamides is 1. The molecule has 1 aromatic heterocycles. The van der Waals surface area contributed by atoms with E-state index in [1.807, 2.05) is 5.38 Å². The zero-order chi connectivity index (χ0) is 19.3. The summed E-state index contributed by atoms with van der Waals surface area (Å²) < 4.78 is 43.7. The molecule has 1 heterocycles. The second-order valence-electron chi connectivity index (χ2n) is 5.39. The van der Waals surface area contributed by atoms with E-state index < -0.39 is 10.0 Å². The van der Waals surface area contributed by atoms with Gasteiger partial charge >= 0.3 is 0 Å². The summed E-state index contributed by atoms with van der Waals surface area (Å²) in [6.07, 6.45) is 1.66. The van der Waals surface area contributed by atoms with Crippen molar-refractivity contribution in [3.05, 3.63) is 59.6 Å². The number of rotatable bonds is 8. The van der Waals surface area contributed by atoms with Crippen LogP contribution in [0.25, 0.3) is 0 Å². The molecule has 0 fully saturated rings. The van der Waals surface area contributed by atoms with E-state index in [1.54, 1.807) is 42.6 Å². The monoisotopic (exact) mass is 406 g/mol. The molecule has 0 spiro atoms. The van der Waals surface area contributed by atoms with Gasteiger partial charge in [-0.2, -0.15) is 0 Å². The number of benzene rings is 2. The molecule has 0 unspecified atom stereocenters. The molecule has 1 N–H and O–H groups in total. The Balaban J connectivity index is 1.70. The van der Waals surface area contributed by atoms with E-state index in [4.69, 9.17) is 14.2 Å². The Morgan fingerprint density at radius 1 is 1.04 bits per heavy atom. The van der Waals surface area contributed by atoms with Crippen molar-refractivity contribution >= 4 is 21.4 Å². The van der Waals surface area contributed by atoms with Crippen LogP contribution in [0.1, 0.15) is 5.56 Å². The Kier molecular flexibility index (Phi) is 5.94. The van der Waals surface area contributed by atoms with Gasteiger partial charge < -0.3 is 14.2 Å². The van der Waals surface area contributed by atoms with Crippen LogP contribution < -0.4 is 18.9 Å². The van der Waals surface area contributed by atoms with Gasteiger partial charge in [-0.15, -0.1) is 0 Å². The summed E-state index contributed by atoms with van der Waals surface area (Å²) in [5.74, 6) is 1.31. The molecular formula is C18H18N2O5S2. The molecule has 0 atom stereocenters. The number of hydrogen-bond donors (Lipinski definition) is 1. The Hall–Kier alpha value is -2.62. The number of aromatic nitrogens is 1. The average molecular weight is 406 g/mol. The molecule has 0 radical (unpaired) electrons. The highest BCUT2D eigenvalue weighted by molar-refractivity contribution is 7.89. The predicted molar refractivity (Wildman–Crippen MR) is 102 cm³/mol. The van der Waals surface area contributed by atoms with Crippen molar-refractivity contribution in [1.82, 2.24) is 9.71 Å². The number of hydrogen-bond acceptors (Lipinski definition) is 7. The van der Waals surface area contributed by atoms with Crippen molar-refractivity contribution in [2.75, 3.05) is 14.2 Å². The standard InChI is InChI=1S/C18H18N2O5S2/c1-23-15-7-8-16(24-2)17(11-15)27(21,22)20-12-13-3-5-14(6-4-13)25-18-19-9-10-26-18/h3-11,20H,12H2,1-2H3. The number of nitrogens with zero attached hydrogens (tertiary/aromatic N) is 1. The summed E-state index contributed by atoms with van der Waals surface area (Å²) >= 11 is 1.39. The molecule has 142 valence electrons. The molecule has 0 saturated carbocycles. The topological polar surface area (TPSA) is 86.8 Å². The van der Waals surface area contributed by atoms with Gasteiger partial charge in [-0.3, -0.25) is 0 Å². The van der Waals surface area contributed by atoms with Gasteiger partial charge in [-0.1, -0.05) is 23.5 Å². The van der Waals surface area contributed by atoms with Gasteiger partial charge in [0.2, 0.25) is 10.0 Å². The first-order valence-corrected chi connectivity index (χ1v) is 10.3. The maximum atomic E-state index is 12.7. The molecule has 2 aromatic carbocycles. The van der Waals surface area contributed by atoms with Crippen molar-refractivity contribution in [3.63, 3.8) is 0 Å². The molecule has 0 aliphatic heterocycles. The van der Waals surface area contributed by atoms with E-state index in [9.17, 15) is 8.42 Å². The fraction of sp³-hybridized carbons (Fsp3) is 0.167. The zero-order valence-corrected chi connectivity index (χ0v) is 16.3. The van der Waals surface area contributed by atoms with Crippen LogP contribution in [0.2, 0.25) is 0 Å². The van der Waals surface area contributed by atoms with E-state index >= 15 is 0 Å². The van der Waals surface area contributed by atoms with Gasteiger partial charge in [-0.25, -0.2) is 18.1 Å². The molecule has 7 nitrogen and oxygen atoms in total. The molecular weight excluding hydrogens is 388 g/mol. The van der Waals surface area contributed by atoms with Crippen molar-refractivity contribution in [1.29, 1.82) is 0 Å². The van der Waals surface area contributed by atoms with Crippen molar-refractivity contribution < 1.29 is 22.6 Å². The number of methoxy groups -OCH3 is 2. The van der Waals surface area contributed by atoms with Gasteiger partial charge in [0.15, 0.2) is 0 Å². The van der Waals surface area contributed by atoms with Gasteiger partial charge in [0, 0.05) is 24.2 Å². The minimum absolute atomic E-state index is 0.0214. The number of ether oxygens (including phenoxy) is 3. The molecule has 3 rings (SSSR count). The highest BCUT2D eigenvalue weighted by Gasteiger charge is 2.20. The third-order valence-electron chi connectivity index (χ3n) is 3.66. The lowest BCUT2D eigenvalue weighted by Crippen LogP contribution is -2.23. The third-order valence-corrected chi connectivity index (χ3v) is 5.74. The van der Waals surface area contributed by atoms with Gasteiger partial charge in [0.05, 0.1) is 14.2 Å². The van der Waals surface area contributed by atoms with E-state index in [1.165, 1.54) is 31.6 Å². The summed E-state index contributed by atoms with van der Waals surface area (Å²) in [6, 6.07) is 11.7. The van der Waals surface area contributed by atoms with Crippen LogP contribution in [0, 0.1) is 0 Å². The lowest BCUT2D eigenvalue weighted by atomic mass is 10.2. The Morgan fingerprint density at radius 3 is 2.41 bits per heavy atom. The largest absolute Gasteiger partial charge is 0.497 e. The Bertz CT molecular complexity index is 987. The highest BCUT2D eigenvalue weighted by Crippen LogP contribution is 2.28. The predicted octanol–water partition coefficient (Wildman–Crippen LogP) is 3.43. The van der Waals surface area contributed by atoms with E-state index in [-0.39, 0.29) is 17.2 Å². The fourth-order valence-electron chi connectivity index (χ4n) is 2.29. The van der Waals surface area contributed by atoms with Crippen LogP contribution in [0.4, 0.5) is 0 Å². The molecule has 27 heavy (non-hydrogen) atoms. The quantitative estimate of drug-likeness (QED) is 0.617. The van der Waals surface area contributed by atoms with Gasteiger partial charge in [-0.05, 0) is 29.8 Å². The van der Waals surface area contributed by atoms with Crippen LogP contribution in [0.15, 0.2) is 58.9 Å². The van der Waals surface area contributed by atoms with Crippen LogP contribution >= 0.6 is 11.3 Å². The summed E-state index contributed by atoms with van der Waals surface area (Å²) in [7, 11) is -0.888. The summed E-state index contributed by atoms with van der Waals surface area (Å²) in [5.41, 5.74) is 0.784. The molecule has 3 aromatic rings. The zero-order valence-electron chi connectivity index (χ0n) is 14.7. The smallest absolute Gasteiger partial charge is 0.278 e. The summed E-state index contributed by atoms with van der Waals surface area (Å²) in [6.45, 7) is 0.125. The maximum Gasteiger partial charge on any atom is 0.278 e. The first-order valence-electron chi connectivity index (χ1n) is 7.90. The van der Waals surface area contributed by atoms with Crippen molar-refractivity contribution in [2.24, 2.45) is 0 Å². The summed E-state index contributed by atoms with van der Waals surface area (Å²) in [5, 5.41) is 2.37. The van der Waals surface area contributed by atoms with Crippen LogP contribution in [0.5, 0.6) is 22.4 Å². The second-order valence-corrected chi connectivity index (χ2v) is 7.98. The van der Waals surface area contributed by atoms with Crippen molar-refractivity contribution in [3.8, 4) is 22.4 Å². The highest BCUT2D eigenvalue weighted by atomic mass is 32.2. The number of thiazole rings is 1. The lowest BCUT2D eigenvalue weighted by molar-refractivity contribution is 0.392. The molecule has 0 amide bonds. The number of nitrogens with one attached hydrogen (secondary N) is 1.